The van der Waals surface area contributed by atoms with Gasteiger partial charge < -0.3 is 16.4 Å². The van der Waals surface area contributed by atoms with E-state index < -0.39 is 0 Å². The van der Waals surface area contributed by atoms with Crippen LogP contribution in [0.3, 0.4) is 0 Å². The van der Waals surface area contributed by atoms with Gasteiger partial charge in [-0.1, -0.05) is 27.7 Å². The molecule has 1 rings (SSSR count). The van der Waals surface area contributed by atoms with Gasteiger partial charge in [-0.05, 0) is 37.0 Å². The van der Waals surface area contributed by atoms with Crippen LogP contribution in [0.15, 0.2) is 0 Å². The van der Waals surface area contributed by atoms with Crippen LogP contribution in [0.1, 0.15) is 53.4 Å². The summed E-state index contributed by atoms with van der Waals surface area (Å²) in [6, 6.07) is -0.0993. The van der Waals surface area contributed by atoms with Crippen molar-refractivity contribution in [2.45, 2.75) is 58.9 Å². The molecule has 4 nitrogen and oxygen atoms in total. The molecule has 0 aromatic carbocycles. The summed E-state index contributed by atoms with van der Waals surface area (Å²) in [5, 5.41) is 5.73. The predicted octanol–water partition coefficient (Wildman–Crippen LogP) is 2.24. The first-order valence-corrected chi connectivity index (χ1v) is 7.07. The van der Waals surface area contributed by atoms with Gasteiger partial charge in [0.05, 0.1) is 0 Å². The van der Waals surface area contributed by atoms with Crippen molar-refractivity contribution >= 4 is 6.03 Å². The van der Waals surface area contributed by atoms with Crippen LogP contribution in [0.5, 0.6) is 0 Å². The van der Waals surface area contributed by atoms with Crippen LogP contribution in [0.25, 0.3) is 0 Å². The van der Waals surface area contributed by atoms with E-state index in [4.69, 9.17) is 5.73 Å². The SMILES string of the molecule is CCCNC(=O)NCC1(N)CC(C)CC(C)(C)C1. The Kier molecular flexibility index (Phi) is 5.02. The lowest BCUT2D eigenvalue weighted by molar-refractivity contribution is 0.108. The fourth-order valence-corrected chi connectivity index (χ4v) is 3.50. The third-order valence-electron chi connectivity index (χ3n) is 3.62. The Morgan fingerprint density at radius 2 is 2.00 bits per heavy atom. The zero-order valence-corrected chi connectivity index (χ0v) is 12.3. The number of rotatable bonds is 4. The molecule has 106 valence electrons. The van der Waals surface area contributed by atoms with Gasteiger partial charge in [0, 0.05) is 18.6 Å². The lowest BCUT2D eigenvalue weighted by Gasteiger charge is -2.45. The molecule has 18 heavy (non-hydrogen) atoms. The van der Waals surface area contributed by atoms with E-state index in [1.807, 2.05) is 6.92 Å². The molecule has 4 heteroatoms. The van der Waals surface area contributed by atoms with Crippen LogP contribution in [0.2, 0.25) is 0 Å². The van der Waals surface area contributed by atoms with Crippen LogP contribution < -0.4 is 16.4 Å². The van der Waals surface area contributed by atoms with Gasteiger partial charge >= 0.3 is 6.03 Å². The summed E-state index contributed by atoms with van der Waals surface area (Å²) in [6.07, 6.45) is 4.13. The number of hydrogen-bond acceptors (Lipinski definition) is 2. The molecular formula is C14H29N3O. The Balaban J connectivity index is 2.46. The van der Waals surface area contributed by atoms with E-state index in [0.29, 0.717) is 19.0 Å². The molecule has 2 atom stereocenters. The summed E-state index contributed by atoms with van der Waals surface area (Å²) >= 11 is 0. The molecule has 1 aliphatic rings. The Labute approximate surface area is 111 Å². The summed E-state index contributed by atoms with van der Waals surface area (Å²) in [5.74, 6) is 0.624. The van der Waals surface area contributed by atoms with E-state index in [1.54, 1.807) is 0 Å². The first-order chi connectivity index (χ1) is 8.26. The molecular weight excluding hydrogens is 226 g/mol. The Morgan fingerprint density at radius 1 is 1.33 bits per heavy atom. The van der Waals surface area contributed by atoms with Crippen molar-refractivity contribution < 1.29 is 4.79 Å². The highest BCUT2D eigenvalue weighted by molar-refractivity contribution is 5.73. The molecule has 1 aliphatic carbocycles. The van der Waals surface area contributed by atoms with Gasteiger partial charge in [0.1, 0.15) is 0 Å². The monoisotopic (exact) mass is 255 g/mol. The van der Waals surface area contributed by atoms with Crippen LogP contribution >= 0.6 is 0 Å². The van der Waals surface area contributed by atoms with E-state index in [1.165, 1.54) is 6.42 Å². The number of nitrogens with two attached hydrogens (primary N) is 1. The third kappa shape index (κ3) is 4.84. The molecule has 0 aromatic heterocycles. The van der Waals surface area contributed by atoms with Gasteiger partial charge in [-0.15, -0.1) is 0 Å². The Morgan fingerprint density at radius 3 is 2.56 bits per heavy atom. The molecule has 2 unspecified atom stereocenters. The van der Waals surface area contributed by atoms with Crippen molar-refractivity contribution in [2.24, 2.45) is 17.1 Å². The Hall–Kier alpha value is -0.770. The number of carbonyl (C=O) groups is 1. The maximum Gasteiger partial charge on any atom is 0.314 e. The van der Waals surface area contributed by atoms with E-state index in [-0.39, 0.29) is 17.0 Å². The van der Waals surface area contributed by atoms with E-state index in [2.05, 4.69) is 31.4 Å². The highest BCUT2D eigenvalue weighted by Gasteiger charge is 2.40. The quantitative estimate of drug-likeness (QED) is 0.721. The maximum atomic E-state index is 11.6. The molecule has 0 heterocycles. The Bertz CT molecular complexity index is 291. The molecule has 0 aliphatic heterocycles. The molecule has 0 saturated heterocycles. The lowest BCUT2D eigenvalue weighted by Crippen LogP contribution is -2.57. The average molecular weight is 255 g/mol. The summed E-state index contributed by atoms with van der Waals surface area (Å²) in [5.41, 5.74) is 6.47. The van der Waals surface area contributed by atoms with Crippen molar-refractivity contribution in [1.82, 2.24) is 10.6 Å². The minimum atomic E-state index is -0.259. The second-order valence-electron chi connectivity index (χ2n) is 6.83. The highest BCUT2D eigenvalue weighted by Crippen LogP contribution is 2.42. The first-order valence-electron chi connectivity index (χ1n) is 7.07. The fourth-order valence-electron chi connectivity index (χ4n) is 3.50. The average Bonchev–Trinajstić information content (AvgIpc) is 2.20. The number of hydrogen-bond donors (Lipinski definition) is 3. The minimum absolute atomic E-state index is 0.0993. The molecule has 0 spiro atoms. The fraction of sp³-hybridized carbons (Fsp3) is 0.929. The zero-order valence-electron chi connectivity index (χ0n) is 12.3. The molecule has 0 bridgehead atoms. The number of nitrogens with one attached hydrogen (secondary N) is 2. The summed E-state index contributed by atoms with van der Waals surface area (Å²) in [7, 11) is 0. The smallest absolute Gasteiger partial charge is 0.314 e. The predicted molar refractivity (Wildman–Crippen MR) is 75.4 cm³/mol. The number of urea groups is 1. The van der Waals surface area contributed by atoms with Crippen molar-refractivity contribution in [3.05, 3.63) is 0 Å². The number of amides is 2. The van der Waals surface area contributed by atoms with Crippen molar-refractivity contribution in [2.75, 3.05) is 13.1 Å². The van der Waals surface area contributed by atoms with Crippen molar-refractivity contribution in [3.8, 4) is 0 Å². The van der Waals surface area contributed by atoms with E-state index in [9.17, 15) is 4.79 Å². The summed E-state index contributed by atoms with van der Waals surface area (Å²) in [4.78, 5) is 11.6. The molecule has 0 radical (unpaired) electrons. The topological polar surface area (TPSA) is 67.2 Å². The van der Waals surface area contributed by atoms with Crippen molar-refractivity contribution in [1.29, 1.82) is 0 Å². The molecule has 1 saturated carbocycles. The molecule has 1 fully saturated rings. The standard InChI is InChI=1S/C14H29N3O/c1-5-6-16-12(18)17-10-14(15)8-11(2)7-13(3,4)9-14/h11H,5-10,15H2,1-4H3,(H2,16,17,18). The van der Waals surface area contributed by atoms with Crippen LogP contribution in [-0.2, 0) is 0 Å². The van der Waals surface area contributed by atoms with Gasteiger partial charge in [0.2, 0.25) is 0 Å². The van der Waals surface area contributed by atoms with Crippen LogP contribution in [-0.4, -0.2) is 24.7 Å². The van der Waals surface area contributed by atoms with E-state index in [0.717, 1.165) is 19.3 Å². The van der Waals surface area contributed by atoms with E-state index >= 15 is 0 Å². The van der Waals surface area contributed by atoms with Crippen molar-refractivity contribution in [3.63, 3.8) is 0 Å². The largest absolute Gasteiger partial charge is 0.338 e. The molecule has 2 amide bonds. The summed E-state index contributed by atoms with van der Waals surface area (Å²) in [6.45, 7) is 10.1. The van der Waals surface area contributed by atoms with Crippen LogP contribution in [0.4, 0.5) is 4.79 Å². The first kappa shape index (κ1) is 15.3. The highest BCUT2D eigenvalue weighted by atomic mass is 16.2. The second kappa shape index (κ2) is 5.91. The molecule has 0 aromatic rings. The normalized spacial score (nSPS) is 30.8. The van der Waals surface area contributed by atoms with Gasteiger partial charge in [-0.3, -0.25) is 0 Å². The summed E-state index contributed by atoms with van der Waals surface area (Å²) < 4.78 is 0. The maximum absolute atomic E-state index is 11.6. The van der Waals surface area contributed by atoms with Gasteiger partial charge in [-0.2, -0.15) is 0 Å². The van der Waals surface area contributed by atoms with Gasteiger partial charge in [-0.25, -0.2) is 4.79 Å². The second-order valence-corrected chi connectivity index (χ2v) is 6.83. The van der Waals surface area contributed by atoms with Gasteiger partial charge in [0.15, 0.2) is 0 Å². The number of carbonyl (C=O) groups excluding carboxylic acids is 1. The zero-order chi connectivity index (χ0) is 13.8. The third-order valence-corrected chi connectivity index (χ3v) is 3.62. The van der Waals surface area contributed by atoms with Gasteiger partial charge in [0.25, 0.3) is 0 Å². The lowest BCUT2D eigenvalue weighted by atomic mass is 9.64. The molecule has 4 N–H and O–H groups in total. The minimum Gasteiger partial charge on any atom is -0.338 e. The van der Waals surface area contributed by atoms with Crippen LogP contribution in [0, 0.1) is 11.3 Å².